The monoisotopic (exact) mass is 223 g/mol. The SMILES string of the molecule is c1nc(C2CSCCO2)nc2c1CNC2. The van der Waals surface area contributed by atoms with Crippen LogP contribution in [0.25, 0.3) is 0 Å². The molecule has 0 spiro atoms. The zero-order chi connectivity index (χ0) is 10.1. The quantitative estimate of drug-likeness (QED) is 0.766. The number of hydrogen-bond donors (Lipinski definition) is 1. The van der Waals surface area contributed by atoms with E-state index in [1.807, 2.05) is 18.0 Å². The number of fused-ring (bicyclic) bond motifs is 1. The third-order valence-corrected chi connectivity index (χ3v) is 3.68. The Morgan fingerprint density at radius 2 is 2.47 bits per heavy atom. The average Bonchev–Trinajstić information content (AvgIpc) is 2.77. The van der Waals surface area contributed by atoms with E-state index in [0.717, 1.165) is 42.7 Å². The maximum Gasteiger partial charge on any atom is 0.158 e. The smallest absolute Gasteiger partial charge is 0.158 e. The van der Waals surface area contributed by atoms with Gasteiger partial charge in [-0.3, -0.25) is 0 Å². The maximum absolute atomic E-state index is 5.66. The van der Waals surface area contributed by atoms with Crippen LogP contribution in [0, 0.1) is 0 Å². The first-order chi connectivity index (χ1) is 7.43. The van der Waals surface area contributed by atoms with Crippen molar-refractivity contribution in [2.45, 2.75) is 19.2 Å². The first-order valence-corrected chi connectivity index (χ1v) is 6.34. The Balaban J connectivity index is 1.85. The van der Waals surface area contributed by atoms with Gasteiger partial charge < -0.3 is 10.1 Å². The van der Waals surface area contributed by atoms with Crippen molar-refractivity contribution in [3.8, 4) is 0 Å². The van der Waals surface area contributed by atoms with Gasteiger partial charge in [-0.05, 0) is 0 Å². The first-order valence-electron chi connectivity index (χ1n) is 5.18. The Labute approximate surface area is 92.8 Å². The molecule has 1 N–H and O–H groups in total. The van der Waals surface area contributed by atoms with E-state index in [-0.39, 0.29) is 6.10 Å². The molecule has 2 aliphatic heterocycles. The Morgan fingerprint density at radius 1 is 1.47 bits per heavy atom. The fraction of sp³-hybridized carbons (Fsp3) is 0.600. The molecule has 0 aliphatic carbocycles. The van der Waals surface area contributed by atoms with Crippen LogP contribution in [0.3, 0.4) is 0 Å². The van der Waals surface area contributed by atoms with Crippen LogP contribution in [0.1, 0.15) is 23.2 Å². The van der Waals surface area contributed by atoms with E-state index in [0.29, 0.717) is 0 Å². The summed E-state index contributed by atoms with van der Waals surface area (Å²) >= 11 is 1.91. The minimum atomic E-state index is 0.0923. The Morgan fingerprint density at radius 3 is 3.33 bits per heavy atom. The number of aromatic nitrogens is 2. The molecule has 1 unspecified atom stereocenters. The molecular formula is C10H13N3OS. The summed E-state index contributed by atoms with van der Waals surface area (Å²) in [5, 5.41) is 3.27. The fourth-order valence-corrected chi connectivity index (χ4v) is 2.71. The van der Waals surface area contributed by atoms with Crippen molar-refractivity contribution < 1.29 is 4.74 Å². The Bertz CT molecular complexity index is 366. The summed E-state index contributed by atoms with van der Waals surface area (Å²) in [6, 6.07) is 0. The molecule has 1 atom stereocenters. The highest BCUT2D eigenvalue weighted by Crippen LogP contribution is 2.25. The van der Waals surface area contributed by atoms with Gasteiger partial charge in [0.2, 0.25) is 0 Å². The minimum Gasteiger partial charge on any atom is -0.368 e. The van der Waals surface area contributed by atoms with Crippen molar-refractivity contribution in [3.05, 3.63) is 23.3 Å². The number of thioether (sulfide) groups is 1. The van der Waals surface area contributed by atoms with E-state index in [1.165, 1.54) is 5.56 Å². The molecule has 0 saturated carbocycles. The number of nitrogens with zero attached hydrogens (tertiary/aromatic N) is 2. The minimum absolute atomic E-state index is 0.0923. The zero-order valence-electron chi connectivity index (χ0n) is 8.40. The van der Waals surface area contributed by atoms with Crippen LogP contribution in [0.2, 0.25) is 0 Å². The summed E-state index contributed by atoms with van der Waals surface area (Å²) < 4.78 is 5.66. The molecule has 80 valence electrons. The molecule has 2 aliphatic rings. The van der Waals surface area contributed by atoms with E-state index in [2.05, 4.69) is 15.3 Å². The Hall–Kier alpha value is -0.650. The molecule has 1 aromatic heterocycles. The molecule has 1 aromatic rings. The van der Waals surface area contributed by atoms with Gasteiger partial charge in [-0.15, -0.1) is 0 Å². The second-order valence-electron chi connectivity index (χ2n) is 3.74. The van der Waals surface area contributed by atoms with Gasteiger partial charge in [0.05, 0.1) is 12.3 Å². The lowest BCUT2D eigenvalue weighted by atomic mass is 10.2. The van der Waals surface area contributed by atoms with Crippen LogP contribution in [0.4, 0.5) is 0 Å². The van der Waals surface area contributed by atoms with Gasteiger partial charge >= 0.3 is 0 Å². The summed E-state index contributed by atoms with van der Waals surface area (Å²) in [6.45, 7) is 2.58. The van der Waals surface area contributed by atoms with E-state index in [9.17, 15) is 0 Å². The lowest BCUT2D eigenvalue weighted by molar-refractivity contribution is 0.0692. The van der Waals surface area contributed by atoms with Gasteiger partial charge in [-0.2, -0.15) is 11.8 Å². The van der Waals surface area contributed by atoms with Crippen molar-refractivity contribution >= 4 is 11.8 Å². The zero-order valence-corrected chi connectivity index (χ0v) is 9.22. The standard InChI is InChI=1S/C10H13N3OS/c1-2-15-6-9(14-1)10-12-4-7-3-11-5-8(7)13-10/h4,9,11H,1-3,5-6H2. The molecule has 0 aromatic carbocycles. The van der Waals surface area contributed by atoms with Crippen LogP contribution in [0.5, 0.6) is 0 Å². The lowest BCUT2D eigenvalue weighted by Gasteiger charge is -2.21. The van der Waals surface area contributed by atoms with Crippen molar-refractivity contribution in [2.24, 2.45) is 0 Å². The fourth-order valence-electron chi connectivity index (χ4n) is 1.87. The first kappa shape index (κ1) is 9.57. The van der Waals surface area contributed by atoms with Gasteiger partial charge in [-0.1, -0.05) is 0 Å². The molecule has 0 bridgehead atoms. The third kappa shape index (κ3) is 1.87. The summed E-state index contributed by atoms with van der Waals surface area (Å²) in [4.78, 5) is 8.95. The normalized spacial score (nSPS) is 25.2. The molecule has 1 fully saturated rings. The molecule has 15 heavy (non-hydrogen) atoms. The van der Waals surface area contributed by atoms with E-state index < -0.39 is 0 Å². The van der Waals surface area contributed by atoms with Gasteiger partial charge in [-0.25, -0.2) is 9.97 Å². The van der Waals surface area contributed by atoms with Crippen molar-refractivity contribution in [2.75, 3.05) is 18.1 Å². The molecule has 1 saturated heterocycles. The van der Waals surface area contributed by atoms with Crippen LogP contribution in [0.15, 0.2) is 6.20 Å². The predicted octanol–water partition coefficient (Wildman–Crippen LogP) is 0.884. The van der Waals surface area contributed by atoms with Crippen LogP contribution in [-0.4, -0.2) is 28.1 Å². The van der Waals surface area contributed by atoms with Crippen molar-refractivity contribution in [1.82, 2.24) is 15.3 Å². The molecule has 0 amide bonds. The third-order valence-electron chi connectivity index (χ3n) is 2.68. The number of hydrogen-bond acceptors (Lipinski definition) is 5. The second kappa shape index (κ2) is 4.08. The van der Waals surface area contributed by atoms with Gasteiger partial charge in [0.25, 0.3) is 0 Å². The Kier molecular flexibility index (Phi) is 2.60. The van der Waals surface area contributed by atoms with Crippen molar-refractivity contribution in [3.63, 3.8) is 0 Å². The highest BCUT2D eigenvalue weighted by atomic mass is 32.2. The summed E-state index contributed by atoms with van der Waals surface area (Å²) in [7, 11) is 0. The molecule has 5 heteroatoms. The number of nitrogens with one attached hydrogen (secondary N) is 1. The summed E-state index contributed by atoms with van der Waals surface area (Å²) in [6.07, 6.45) is 2.02. The maximum atomic E-state index is 5.66. The lowest BCUT2D eigenvalue weighted by Crippen LogP contribution is -2.18. The summed E-state index contributed by atoms with van der Waals surface area (Å²) in [5.74, 6) is 2.92. The molecule has 3 heterocycles. The second-order valence-corrected chi connectivity index (χ2v) is 4.89. The molecule has 3 rings (SSSR count). The highest BCUT2D eigenvalue weighted by Gasteiger charge is 2.21. The predicted molar refractivity (Wildman–Crippen MR) is 58.6 cm³/mol. The molecule has 0 radical (unpaired) electrons. The van der Waals surface area contributed by atoms with Crippen LogP contribution < -0.4 is 5.32 Å². The van der Waals surface area contributed by atoms with Crippen LogP contribution >= 0.6 is 11.8 Å². The summed E-state index contributed by atoms with van der Waals surface area (Å²) in [5.41, 5.74) is 2.36. The number of ether oxygens (including phenoxy) is 1. The van der Waals surface area contributed by atoms with Gasteiger partial charge in [0.1, 0.15) is 6.10 Å². The van der Waals surface area contributed by atoms with Gasteiger partial charge in [0.15, 0.2) is 5.82 Å². The largest absolute Gasteiger partial charge is 0.368 e. The van der Waals surface area contributed by atoms with E-state index >= 15 is 0 Å². The van der Waals surface area contributed by atoms with Gasteiger partial charge in [0, 0.05) is 36.4 Å². The van der Waals surface area contributed by atoms with Crippen molar-refractivity contribution in [1.29, 1.82) is 0 Å². The topological polar surface area (TPSA) is 47.0 Å². The number of rotatable bonds is 1. The van der Waals surface area contributed by atoms with E-state index in [1.54, 1.807) is 0 Å². The average molecular weight is 223 g/mol. The van der Waals surface area contributed by atoms with E-state index in [4.69, 9.17) is 4.74 Å². The van der Waals surface area contributed by atoms with Crippen LogP contribution in [-0.2, 0) is 17.8 Å². The molecular weight excluding hydrogens is 210 g/mol. The highest BCUT2D eigenvalue weighted by molar-refractivity contribution is 7.99. The molecule has 4 nitrogen and oxygen atoms in total.